The summed E-state index contributed by atoms with van der Waals surface area (Å²) in [4.78, 5) is 12.4. The van der Waals surface area contributed by atoms with Crippen LogP contribution >= 0.6 is 27.5 Å². The van der Waals surface area contributed by atoms with E-state index >= 15 is 0 Å². The lowest BCUT2D eigenvalue weighted by Crippen LogP contribution is -2.12. The average Bonchev–Trinajstić information content (AvgIpc) is 2.41. The normalized spacial score (nSPS) is 11.8. The van der Waals surface area contributed by atoms with Gasteiger partial charge in [0.1, 0.15) is 17.6 Å². The molecule has 0 heterocycles. The van der Waals surface area contributed by atoms with Crippen molar-refractivity contribution in [2.24, 2.45) is 0 Å². The minimum atomic E-state index is -1.19. The first-order valence-electron chi connectivity index (χ1n) is 5.78. The molecule has 106 valence electrons. The van der Waals surface area contributed by atoms with Gasteiger partial charge in [-0.2, -0.15) is 5.26 Å². The Labute approximate surface area is 133 Å². The first kappa shape index (κ1) is 15.6. The van der Waals surface area contributed by atoms with E-state index < -0.39 is 23.3 Å². The van der Waals surface area contributed by atoms with Gasteiger partial charge in [-0.1, -0.05) is 17.7 Å². The Morgan fingerprint density at radius 2 is 1.81 bits per heavy atom. The summed E-state index contributed by atoms with van der Waals surface area (Å²) in [7, 11) is 0. The standard InChI is InChI=1S/C15H7BrClF2NO/c16-13-5-8(18)2-4-11(13)15(21)12(7-20)10-3-1-9(19)6-14(10)17/h1-6,12H. The quantitative estimate of drug-likeness (QED) is 0.723. The van der Waals surface area contributed by atoms with E-state index in [1.165, 1.54) is 12.1 Å². The second-order valence-corrected chi connectivity index (χ2v) is 5.48. The molecule has 0 aliphatic heterocycles. The van der Waals surface area contributed by atoms with Crippen LogP contribution in [0.3, 0.4) is 0 Å². The number of benzene rings is 2. The van der Waals surface area contributed by atoms with E-state index in [2.05, 4.69) is 15.9 Å². The number of Topliss-reactive ketones (excluding diaryl/α,β-unsaturated/α-hetero) is 1. The predicted molar refractivity (Wildman–Crippen MR) is 78.2 cm³/mol. The number of hydrogen-bond acceptors (Lipinski definition) is 2. The molecule has 0 amide bonds. The van der Waals surface area contributed by atoms with Gasteiger partial charge in [-0.3, -0.25) is 4.79 Å². The molecule has 0 aliphatic rings. The zero-order valence-corrected chi connectivity index (χ0v) is 12.8. The minimum Gasteiger partial charge on any atom is -0.292 e. The first-order valence-corrected chi connectivity index (χ1v) is 6.95. The van der Waals surface area contributed by atoms with Crippen molar-refractivity contribution in [3.63, 3.8) is 0 Å². The molecule has 0 fully saturated rings. The molecule has 2 rings (SSSR count). The Bertz CT molecular complexity index is 758. The molecule has 1 unspecified atom stereocenters. The number of carbonyl (C=O) groups excluding carboxylic acids is 1. The number of nitriles is 1. The van der Waals surface area contributed by atoms with Crippen LogP contribution in [-0.2, 0) is 0 Å². The van der Waals surface area contributed by atoms with Crippen molar-refractivity contribution in [2.45, 2.75) is 5.92 Å². The van der Waals surface area contributed by atoms with Crippen LogP contribution in [0.25, 0.3) is 0 Å². The van der Waals surface area contributed by atoms with E-state index in [-0.39, 0.29) is 20.6 Å². The highest BCUT2D eigenvalue weighted by atomic mass is 79.9. The molecule has 2 aromatic rings. The highest BCUT2D eigenvalue weighted by Gasteiger charge is 2.25. The zero-order valence-electron chi connectivity index (χ0n) is 10.4. The Kier molecular flexibility index (Phi) is 4.71. The maximum absolute atomic E-state index is 13.1. The summed E-state index contributed by atoms with van der Waals surface area (Å²) < 4.78 is 26.3. The molecule has 0 bridgehead atoms. The molecular formula is C15H7BrClF2NO. The lowest BCUT2D eigenvalue weighted by molar-refractivity contribution is 0.0978. The SMILES string of the molecule is N#CC(C(=O)c1ccc(F)cc1Br)c1ccc(F)cc1Cl. The molecule has 0 aromatic heterocycles. The molecular weight excluding hydrogens is 364 g/mol. The first-order chi connectivity index (χ1) is 9.93. The summed E-state index contributed by atoms with van der Waals surface area (Å²) in [6.45, 7) is 0. The molecule has 0 aliphatic carbocycles. The monoisotopic (exact) mass is 369 g/mol. The lowest BCUT2D eigenvalue weighted by Gasteiger charge is -2.11. The third kappa shape index (κ3) is 3.29. The van der Waals surface area contributed by atoms with Crippen molar-refractivity contribution < 1.29 is 13.6 Å². The molecule has 6 heteroatoms. The van der Waals surface area contributed by atoms with Gasteiger partial charge in [-0.25, -0.2) is 8.78 Å². The summed E-state index contributed by atoms with van der Waals surface area (Å²) in [6, 6.07) is 8.84. The maximum atomic E-state index is 13.1. The van der Waals surface area contributed by atoms with Crippen LogP contribution in [-0.4, -0.2) is 5.78 Å². The number of halogens is 4. The van der Waals surface area contributed by atoms with Crippen LogP contribution in [0.1, 0.15) is 21.8 Å². The fraction of sp³-hybridized carbons (Fsp3) is 0.0667. The molecule has 2 nitrogen and oxygen atoms in total. The summed E-state index contributed by atoms with van der Waals surface area (Å²) in [5.74, 6) is -2.81. The average molecular weight is 371 g/mol. The van der Waals surface area contributed by atoms with Crippen LogP contribution in [0, 0.1) is 23.0 Å². The molecule has 21 heavy (non-hydrogen) atoms. The van der Waals surface area contributed by atoms with Gasteiger partial charge in [0.05, 0.1) is 6.07 Å². The topological polar surface area (TPSA) is 40.9 Å². The number of carbonyl (C=O) groups is 1. The number of nitrogens with zero attached hydrogens (tertiary/aromatic N) is 1. The molecule has 2 aromatic carbocycles. The molecule has 0 spiro atoms. The smallest absolute Gasteiger partial charge is 0.185 e. The van der Waals surface area contributed by atoms with E-state index in [4.69, 9.17) is 11.6 Å². The number of hydrogen-bond donors (Lipinski definition) is 0. The highest BCUT2D eigenvalue weighted by Crippen LogP contribution is 2.30. The van der Waals surface area contributed by atoms with Gasteiger partial charge in [0, 0.05) is 15.1 Å². The predicted octanol–water partition coefficient (Wildman–Crippen LogP) is 4.87. The second-order valence-electron chi connectivity index (χ2n) is 4.22. The summed E-state index contributed by atoms with van der Waals surface area (Å²) in [5, 5.41) is 9.23. The van der Waals surface area contributed by atoms with E-state index in [0.717, 1.165) is 24.3 Å². The summed E-state index contributed by atoms with van der Waals surface area (Å²) in [6.07, 6.45) is 0. The Hall–Kier alpha value is -1.77. The summed E-state index contributed by atoms with van der Waals surface area (Å²) in [5.41, 5.74) is 0.366. The molecule has 1 atom stereocenters. The third-order valence-electron chi connectivity index (χ3n) is 2.86. The largest absolute Gasteiger partial charge is 0.292 e. The van der Waals surface area contributed by atoms with Crippen molar-refractivity contribution >= 4 is 33.3 Å². The van der Waals surface area contributed by atoms with Crippen molar-refractivity contribution in [3.05, 3.63) is 68.7 Å². The van der Waals surface area contributed by atoms with Gasteiger partial charge in [0.15, 0.2) is 5.78 Å². The van der Waals surface area contributed by atoms with Crippen molar-refractivity contribution in [1.29, 1.82) is 5.26 Å². The number of ketones is 1. The Balaban J connectivity index is 2.46. The van der Waals surface area contributed by atoms with Gasteiger partial charge in [-0.05, 0) is 51.8 Å². The van der Waals surface area contributed by atoms with Crippen LogP contribution in [0.2, 0.25) is 5.02 Å². The van der Waals surface area contributed by atoms with Crippen LogP contribution in [0.5, 0.6) is 0 Å². The van der Waals surface area contributed by atoms with Gasteiger partial charge in [-0.15, -0.1) is 0 Å². The fourth-order valence-corrected chi connectivity index (χ4v) is 2.67. The Morgan fingerprint density at radius 3 is 2.38 bits per heavy atom. The molecule has 0 radical (unpaired) electrons. The summed E-state index contributed by atoms with van der Waals surface area (Å²) >= 11 is 8.97. The van der Waals surface area contributed by atoms with Gasteiger partial charge in [0.25, 0.3) is 0 Å². The Morgan fingerprint density at radius 1 is 1.19 bits per heavy atom. The lowest BCUT2D eigenvalue weighted by atomic mass is 9.92. The number of rotatable bonds is 3. The van der Waals surface area contributed by atoms with Crippen molar-refractivity contribution in [3.8, 4) is 6.07 Å². The van der Waals surface area contributed by atoms with E-state index in [9.17, 15) is 18.8 Å². The fourth-order valence-electron chi connectivity index (χ4n) is 1.85. The van der Waals surface area contributed by atoms with Crippen LogP contribution < -0.4 is 0 Å². The molecule has 0 N–H and O–H groups in total. The third-order valence-corrected chi connectivity index (χ3v) is 3.84. The van der Waals surface area contributed by atoms with Gasteiger partial charge < -0.3 is 0 Å². The zero-order chi connectivity index (χ0) is 15.6. The highest BCUT2D eigenvalue weighted by molar-refractivity contribution is 9.10. The van der Waals surface area contributed by atoms with Crippen LogP contribution in [0.4, 0.5) is 8.78 Å². The van der Waals surface area contributed by atoms with E-state index in [1.54, 1.807) is 0 Å². The molecule has 0 saturated heterocycles. The van der Waals surface area contributed by atoms with E-state index in [0.29, 0.717) is 0 Å². The molecule has 0 saturated carbocycles. The second kappa shape index (κ2) is 6.33. The minimum absolute atomic E-state index is 0.00636. The van der Waals surface area contributed by atoms with Crippen molar-refractivity contribution in [2.75, 3.05) is 0 Å². The van der Waals surface area contributed by atoms with E-state index in [1.807, 2.05) is 6.07 Å². The maximum Gasteiger partial charge on any atom is 0.185 e. The van der Waals surface area contributed by atoms with Crippen molar-refractivity contribution in [1.82, 2.24) is 0 Å². The van der Waals surface area contributed by atoms with Gasteiger partial charge >= 0.3 is 0 Å². The van der Waals surface area contributed by atoms with Crippen LogP contribution in [0.15, 0.2) is 40.9 Å². The van der Waals surface area contributed by atoms with Gasteiger partial charge in [0.2, 0.25) is 0 Å².